The van der Waals surface area contributed by atoms with E-state index in [1.807, 2.05) is 30.3 Å². The minimum absolute atomic E-state index is 0.0294. The van der Waals surface area contributed by atoms with E-state index >= 15 is 0 Å². The first-order valence-corrected chi connectivity index (χ1v) is 8.57. The molecule has 5 nitrogen and oxygen atoms in total. The summed E-state index contributed by atoms with van der Waals surface area (Å²) in [7, 11) is 0. The highest BCUT2D eigenvalue weighted by atomic mass is 16.5. The van der Waals surface area contributed by atoms with E-state index < -0.39 is 0 Å². The molecule has 0 spiro atoms. The van der Waals surface area contributed by atoms with Crippen LogP contribution in [0.5, 0.6) is 5.75 Å². The first-order valence-electron chi connectivity index (χ1n) is 8.57. The normalized spacial score (nSPS) is 19.9. The number of hydrogen-bond acceptors (Lipinski definition) is 4. The number of carbonyl (C=O) groups excluding carboxylic acids is 1. The summed E-state index contributed by atoms with van der Waals surface area (Å²) in [5.74, 6) is 2.22. The van der Waals surface area contributed by atoms with Crippen molar-refractivity contribution in [2.24, 2.45) is 5.92 Å². The molecule has 2 aliphatic heterocycles. The Labute approximate surface area is 141 Å². The van der Waals surface area contributed by atoms with E-state index in [0.717, 1.165) is 49.5 Å². The lowest BCUT2D eigenvalue weighted by molar-refractivity contribution is 0.0944. The van der Waals surface area contributed by atoms with Crippen molar-refractivity contribution in [2.75, 3.05) is 26.2 Å². The summed E-state index contributed by atoms with van der Waals surface area (Å²) in [4.78, 5) is 14.9. The summed E-state index contributed by atoms with van der Waals surface area (Å²) in [6, 6.07) is 9.73. The highest BCUT2D eigenvalue weighted by molar-refractivity contribution is 5.97. The van der Waals surface area contributed by atoms with E-state index in [1.165, 1.54) is 0 Å². The molecule has 2 aliphatic rings. The number of fused-ring (bicyclic) bond motifs is 1. The third-order valence-electron chi connectivity index (χ3n) is 4.84. The Balaban J connectivity index is 1.30. The Morgan fingerprint density at radius 2 is 2.25 bits per heavy atom. The van der Waals surface area contributed by atoms with Crippen LogP contribution in [0.3, 0.4) is 0 Å². The predicted octanol–water partition coefficient (Wildman–Crippen LogP) is 2.47. The fourth-order valence-electron chi connectivity index (χ4n) is 3.57. The van der Waals surface area contributed by atoms with E-state index in [1.54, 1.807) is 6.26 Å². The van der Waals surface area contributed by atoms with Crippen LogP contribution in [-0.4, -0.2) is 37.0 Å². The molecule has 1 aromatic carbocycles. The van der Waals surface area contributed by atoms with Crippen molar-refractivity contribution in [2.45, 2.75) is 19.4 Å². The molecule has 2 aromatic rings. The van der Waals surface area contributed by atoms with Gasteiger partial charge in [-0.1, -0.05) is 12.1 Å². The molecule has 0 aliphatic carbocycles. The van der Waals surface area contributed by atoms with E-state index in [9.17, 15) is 4.79 Å². The number of hydrogen-bond donors (Lipinski definition) is 1. The van der Waals surface area contributed by atoms with Crippen molar-refractivity contribution in [3.63, 3.8) is 0 Å². The Kier molecular flexibility index (Phi) is 4.26. The van der Waals surface area contributed by atoms with E-state index in [0.29, 0.717) is 24.6 Å². The highest BCUT2D eigenvalue weighted by Gasteiger charge is 2.25. The minimum atomic E-state index is -0.0294. The van der Waals surface area contributed by atoms with Gasteiger partial charge in [0.2, 0.25) is 0 Å². The summed E-state index contributed by atoms with van der Waals surface area (Å²) < 4.78 is 11.0. The number of carbonyl (C=O) groups is 1. The van der Waals surface area contributed by atoms with Gasteiger partial charge in [0.05, 0.1) is 25.0 Å². The first kappa shape index (κ1) is 15.3. The molecule has 1 saturated heterocycles. The molecule has 0 bridgehead atoms. The van der Waals surface area contributed by atoms with Gasteiger partial charge in [-0.2, -0.15) is 0 Å². The van der Waals surface area contributed by atoms with E-state index in [2.05, 4.69) is 10.2 Å². The van der Waals surface area contributed by atoms with Gasteiger partial charge in [-0.25, -0.2) is 0 Å². The van der Waals surface area contributed by atoms with Crippen LogP contribution in [0.25, 0.3) is 0 Å². The number of nitrogens with zero attached hydrogens (tertiary/aromatic N) is 1. The third kappa shape index (κ3) is 3.17. The number of likely N-dealkylation sites (tertiary alicyclic amines) is 1. The molecule has 24 heavy (non-hydrogen) atoms. The van der Waals surface area contributed by atoms with Gasteiger partial charge in [0.1, 0.15) is 11.5 Å². The van der Waals surface area contributed by atoms with Crippen molar-refractivity contribution in [1.29, 1.82) is 0 Å². The second-order valence-electron chi connectivity index (χ2n) is 6.57. The monoisotopic (exact) mass is 326 g/mol. The number of nitrogens with one attached hydrogen (secondary N) is 1. The van der Waals surface area contributed by atoms with Gasteiger partial charge >= 0.3 is 0 Å². The third-order valence-corrected chi connectivity index (χ3v) is 4.84. The zero-order chi connectivity index (χ0) is 16.4. The van der Waals surface area contributed by atoms with Gasteiger partial charge in [-0.05, 0) is 42.6 Å². The second kappa shape index (κ2) is 6.69. The molecule has 4 rings (SSSR count). The Morgan fingerprint density at radius 3 is 3.12 bits per heavy atom. The highest BCUT2D eigenvalue weighted by Crippen LogP contribution is 2.29. The molecule has 1 N–H and O–H groups in total. The summed E-state index contributed by atoms with van der Waals surface area (Å²) in [5, 5.41) is 3.08. The van der Waals surface area contributed by atoms with Gasteiger partial charge in [-0.15, -0.1) is 0 Å². The van der Waals surface area contributed by atoms with Crippen LogP contribution in [-0.2, 0) is 13.0 Å². The maximum absolute atomic E-state index is 12.5. The Hall–Kier alpha value is -2.27. The van der Waals surface area contributed by atoms with Gasteiger partial charge in [0, 0.05) is 19.5 Å². The lowest BCUT2D eigenvalue weighted by Gasteiger charge is -2.15. The standard InChI is InChI=1S/C19H22N2O3/c22-19(17-5-1-3-15-7-10-24-18(15)17)20-11-14-6-8-21(12-14)13-16-4-2-9-23-16/h1-5,9,14H,6-8,10-13H2,(H,20,22)/t14-/m1/s1. The van der Waals surface area contributed by atoms with Crippen molar-refractivity contribution >= 4 is 5.91 Å². The van der Waals surface area contributed by atoms with E-state index in [-0.39, 0.29) is 5.91 Å². The van der Waals surface area contributed by atoms with Gasteiger partial charge in [-0.3, -0.25) is 9.69 Å². The largest absolute Gasteiger partial charge is 0.492 e. The molecule has 0 saturated carbocycles. The number of para-hydroxylation sites is 1. The molecular weight excluding hydrogens is 304 g/mol. The molecular formula is C19H22N2O3. The Morgan fingerprint density at radius 1 is 1.29 bits per heavy atom. The number of benzene rings is 1. The summed E-state index contributed by atoms with van der Waals surface area (Å²) in [5.41, 5.74) is 1.79. The number of furan rings is 1. The quantitative estimate of drug-likeness (QED) is 0.917. The fraction of sp³-hybridized carbons (Fsp3) is 0.421. The molecule has 1 fully saturated rings. The average molecular weight is 326 g/mol. The maximum atomic E-state index is 12.5. The van der Waals surface area contributed by atoms with Crippen LogP contribution in [0, 0.1) is 5.92 Å². The number of amides is 1. The molecule has 0 radical (unpaired) electrons. The summed E-state index contributed by atoms with van der Waals surface area (Å²) in [6.07, 6.45) is 3.70. The maximum Gasteiger partial charge on any atom is 0.255 e. The lowest BCUT2D eigenvalue weighted by atomic mass is 10.1. The van der Waals surface area contributed by atoms with Crippen molar-refractivity contribution < 1.29 is 13.9 Å². The van der Waals surface area contributed by atoms with Crippen molar-refractivity contribution in [3.8, 4) is 5.75 Å². The molecule has 1 amide bonds. The minimum Gasteiger partial charge on any atom is -0.492 e. The van der Waals surface area contributed by atoms with Crippen LogP contribution in [0.4, 0.5) is 0 Å². The van der Waals surface area contributed by atoms with Crippen LogP contribution in [0.15, 0.2) is 41.0 Å². The topological polar surface area (TPSA) is 54.7 Å². The van der Waals surface area contributed by atoms with Crippen molar-refractivity contribution in [1.82, 2.24) is 10.2 Å². The molecule has 5 heteroatoms. The van der Waals surface area contributed by atoms with E-state index in [4.69, 9.17) is 9.15 Å². The zero-order valence-corrected chi connectivity index (χ0v) is 13.7. The summed E-state index contributed by atoms with van der Waals surface area (Å²) in [6.45, 7) is 4.26. The molecule has 1 aromatic heterocycles. The van der Waals surface area contributed by atoms with Crippen LogP contribution in [0.1, 0.15) is 28.1 Å². The lowest BCUT2D eigenvalue weighted by Crippen LogP contribution is -2.31. The van der Waals surface area contributed by atoms with Gasteiger partial charge < -0.3 is 14.5 Å². The molecule has 1 atom stereocenters. The molecule has 126 valence electrons. The average Bonchev–Trinajstić information content (AvgIpc) is 3.34. The smallest absolute Gasteiger partial charge is 0.255 e. The van der Waals surface area contributed by atoms with Gasteiger partial charge in [0.25, 0.3) is 5.91 Å². The Bertz CT molecular complexity index is 711. The van der Waals surface area contributed by atoms with Gasteiger partial charge in [0.15, 0.2) is 0 Å². The molecule has 3 heterocycles. The molecule has 0 unspecified atom stereocenters. The second-order valence-corrected chi connectivity index (χ2v) is 6.57. The SMILES string of the molecule is O=C(NC[C@H]1CCN(Cc2ccco2)C1)c1cccc2c1OCC2. The van der Waals surface area contributed by atoms with Crippen LogP contribution in [0.2, 0.25) is 0 Å². The van der Waals surface area contributed by atoms with Crippen LogP contribution < -0.4 is 10.1 Å². The van der Waals surface area contributed by atoms with Crippen LogP contribution >= 0.6 is 0 Å². The number of ether oxygens (including phenoxy) is 1. The summed E-state index contributed by atoms with van der Waals surface area (Å²) >= 11 is 0. The predicted molar refractivity (Wildman–Crippen MR) is 90.1 cm³/mol. The zero-order valence-electron chi connectivity index (χ0n) is 13.7. The van der Waals surface area contributed by atoms with Crippen molar-refractivity contribution in [3.05, 3.63) is 53.5 Å². The first-order chi connectivity index (χ1) is 11.8. The fourth-order valence-corrected chi connectivity index (χ4v) is 3.57. The number of rotatable bonds is 5.